The zero-order chi connectivity index (χ0) is 15.6. The lowest BCUT2D eigenvalue weighted by molar-refractivity contribution is -0.105. The molecule has 2 nitrogen and oxygen atoms in total. The third-order valence-corrected chi connectivity index (χ3v) is 12.4. The molecule has 4 heteroatoms. The van der Waals surface area contributed by atoms with Crippen molar-refractivity contribution in [3.63, 3.8) is 0 Å². The van der Waals surface area contributed by atoms with E-state index in [0.29, 0.717) is 12.2 Å². The van der Waals surface area contributed by atoms with Gasteiger partial charge in [-0.2, -0.15) is 0 Å². The zero-order valence-corrected chi connectivity index (χ0v) is 16.9. The van der Waals surface area contributed by atoms with Crippen molar-refractivity contribution in [3.8, 4) is 0 Å². The predicted molar refractivity (Wildman–Crippen MR) is 96.2 cm³/mol. The molecule has 8 fully saturated rings. The average Bonchev–Trinajstić information content (AvgIpc) is 3.36. The van der Waals surface area contributed by atoms with E-state index in [-0.39, 0.29) is 11.2 Å². The van der Waals surface area contributed by atoms with Crippen molar-refractivity contribution in [2.45, 2.75) is 49.1 Å². The number of ether oxygens (including phenoxy) is 2. The Hall–Kier alpha value is 0.880. The van der Waals surface area contributed by atoms with Gasteiger partial charge in [0.2, 0.25) is 0 Å². The summed E-state index contributed by atoms with van der Waals surface area (Å²) in [5.74, 6) is 8.72. The lowest BCUT2D eigenvalue weighted by atomic mass is 9.72. The first-order valence-electron chi connectivity index (χ1n) is 10.2. The average molecular weight is 456 g/mol. The first-order chi connectivity index (χ1) is 11.8. The summed E-state index contributed by atoms with van der Waals surface area (Å²) in [6, 6.07) is 0. The van der Waals surface area contributed by atoms with E-state index in [9.17, 15) is 0 Å². The molecule has 0 aromatic carbocycles. The van der Waals surface area contributed by atoms with Crippen molar-refractivity contribution >= 4 is 31.9 Å². The van der Waals surface area contributed by atoms with Crippen LogP contribution in [0.5, 0.6) is 0 Å². The monoisotopic (exact) mass is 454 g/mol. The highest BCUT2D eigenvalue weighted by Gasteiger charge is 2.89. The van der Waals surface area contributed by atoms with Crippen molar-refractivity contribution in [1.82, 2.24) is 0 Å². The molecule has 0 N–H and O–H groups in total. The highest BCUT2D eigenvalue weighted by atomic mass is 79.9. The van der Waals surface area contributed by atoms with Gasteiger partial charge in [-0.1, -0.05) is 31.9 Å². The highest BCUT2D eigenvalue weighted by molar-refractivity contribution is 9.09. The molecular formula is C20H24Br2O2. The summed E-state index contributed by atoms with van der Waals surface area (Å²) >= 11 is 7.98. The van der Waals surface area contributed by atoms with Crippen LogP contribution in [-0.2, 0) is 9.47 Å². The molecular weight excluding hydrogens is 432 g/mol. The minimum atomic E-state index is 0.195. The van der Waals surface area contributed by atoms with E-state index in [2.05, 4.69) is 31.9 Å². The second kappa shape index (κ2) is 3.86. The fraction of sp³-hybridized carbons (Fsp3) is 1.00. The molecule has 2 saturated heterocycles. The summed E-state index contributed by atoms with van der Waals surface area (Å²) in [6.07, 6.45) is 6.61. The molecule has 0 radical (unpaired) electrons. The van der Waals surface area contributed by atoms with Gasteiger partial charge in [-0.05, 0) is 84.9 Å². The molecule has 6 aliphatic carbocycles. The molecule has 0 aromatic rings. The summed E-state index contributed by atoms with van der Waals surface area (Å²) in [5, 5.41) is 2.19. The van der Waals surface area contributed by atoms with Gasteiger partial charge in [0.05, 0.1) is 23.4 Å². The summed E-state index contributed by atoms with van der Waals surface area (Å²) in [6.45, 7) is 0. The van der Waals surface area contributed by atoms with Crippen LogP contribution in [0.4, 0.5) is 0 Å². The topological polar surface area (TPSA) is 18.5 Å². The van der Waals surface area contributed by atoms with Crippen LogP contribution >= 0.6 is 31.9 Å². The van der Waals surface area contributed by atoms with Crippen LogP contribution in [0, 0.1) is 59.2 Å². The van der Waals surface area contributed by atoms with Crippen LogP contribution in [-0.4, -0.2) is 34.1 Å². The lowest BCUT2D eigenvalue weighted by Gasteiger charge is -2.39. The van der Waals surface area contributed by atoms with E-state index < -0.39 is 0 Å². The second-order valence-electron chi connectivity index (χ2n) is 10.4. The molecule has 0 bridgehead atoms. The molecule has 6 saturated carbocycles. The third kappa shape index (κ3) is 1.03. The van der Waals surface area contributed by atoms with Crippen molar-refractivity contribution in [2.75, 3.05) is 10.7 Å². The number of hydrogen-bond donors (Lipinski definition) is 0. The van der Waals surface area contributed by atoms with Crippen molar-refractivity contribution < 1.29 is 9.47 Å². The summed E-state index contributed by atoms with van der Waals surface area (Å²) < 4.78 is 14.1. The van der Waals surface area contributed by atoms with E-state index in [4.69, 9.17) is 9.47 Å². The molecule has 14 atom stereocenters. The number of alkyl halides is 2. The summed E-state index contributed by atoms with van der Waals surface area (Å²) in [5.41, 5.74) is 0.390. The molecule has 8 rings (SSSR count). The Balaban J connectivity index is 1.44. The molecule has 2 heterocycles. The summed E-state index contributed by atoms with van der Waals surface area (Å²) in [4.78, 5) is 0. The molecule has 24 heavy (non-hydrogen) atoms. The van der Waals surface area contributed by atoms with E-state index in [1.54, 1.807) is 0 Å². The predicted octanol–water partition coefficient (Wildman–Crippen LogP) is 3.86. The lowest BCUT2D eigenvalue weighted by Crippen LogP contribution is -2.46. The maximum atomic E-state index is 7.06. The van der Waals surface area contributed by atoms with Crippen LogP contribution in [0.3, 0.4) is 0 Å². The third-order valence-electron chi connectivity index (χ3n) is 10.7. The Bertz CT molecular complexity index is 614. The van der Waals surface area contributed by atoms with Crippen molar-refractivity contribution in [3.05, 3.63) is 0 Å². The summed E-state index contributed by atoms with van der Waals surface area (Å²) in [7, 11) is 0. The normalized spacial score (nSPS) is 77.2. The van der Waals surface area contributed by atoms with Gasteiger partial charge < -0.3 is 9.47 Å². The van der Waals surface area contributed by atoms with Gasteiger partial charge in [-0.25, -0.2) is 0 Å². The van der Waals surface area contributed by atoms with E-state index in [1.165, 1.54) is 25.7 Å². The number of fused-ring (bicyclic) bond motifs is 4. The highest BCUT2D eigenvalue weighted by Crippen LogP contribution is 2.86. The second-order valence-corrected chi connectivity index (χ2v) is 11.5. The Morgan fingerprint density at radius 1 is 0.625 bits per heavy atom. The fourth-order valence-electron chi connectivity index (χ4n) is 11.1. The van der Waals surface area contributed by atoms with E-state index >= 15 is 0 Å². The van der Waals surface area contributed by atoms with Gasteiger partial charge in [0.1, 0.15) is 0 Å². The first-order valence-corrected chi connectivity index (χ1v) is 12.5. The standard InChI is InChI=1S/C20H24Br2O2/c21-5-19-15-7-1-3-9-11(7)17-13(15)14-16(20(17,6-22)23-9)8-2-4-10(24-19)12(8)18(14)19/h7-18H,1-6H2/t7-,8-,9-,10+,11+,12+,13-,14-,15+,16+,17-,18+,19-,20-/m1/s1. The smallest absolute Gasteiger partial charge is 0.0850 e. The number of hydrogen-bond acceptors (Lipinski definition) is 2. The molecule has 2 aliphatic heterocycles. The molecule has 0 spiro atoms. The van der Waals surface area contributed by atoms with Crippen LogP contribution in [0.2, 0.25) is 0 Å². The maximum absolute atomic E-state index is 7.06. The van der Waals surface area contributed by atoms with E-state index in [1.807, 2.05) is 0 Å². The number of rotatable bonds is 2. The molecule has 8 aliphatic rings. The Morgan fingerprint density at radius 2 is 1.08 bits per heavy atom. The zero-order valence-electron chi connectivity index (χ0n) is 13.7. The Labute approximate surface area is 160 Å². The minimum absolute atomic E-state index is 0.195. The fourth-order valence-corrected chi connectivity index (χ4v) is 12.8. The molecule has 130 valence electrons. The van der Waals surface area contributed by atoms with Gasteiger partial charge in [-0.3, -0.25) is 0 Å². The van der Waals surface area contributed by atoms with Gasteiger partial charge in [0.25, 0.3) is 0 Å². The Kier molecular flexibility index (Phi) is 2.25. The SMILES string of the molecule is BrC[C@]12O[C@@H]3CC[C@@H]4[C@@H]3[C@@H]1[C@@H]1[C@H]3[C@@H]5[C@H]6[C@@H](CC[C@@H]6O[C@]5(CBr)[C@@H]41)[C@@H]32. The van der Waals surface area contributed by atoms with Crippen LogP contribution in [0.15, 0.2) is 0 Å². The van der Waals surface area contributed by atoms with Crippen LogP contribution < -0.4 is 0 Å². The van der Waals surface area contributed by atoms with E-state index in [0.717, 1.165) is 69.8 Å². The quantitative estimate of drug-likeness (QED) is 0.588. The van der Waals surface area contributed by atoms with Gasteiger partial charge in [0.15, 0.2) is 0 Å². The molecule has 0 aromatic heterocycles. The minimum Gasteiger partial charge on any atom is -0.370 e. The van der Waals surface area contributed by atoms with Gasteiger partial charge in [0, 0.05) is 10.7 Å². The number of halogens is 2. The Morgan fingerprint density at radius 3 is 1.50 bits per heavy atom. The largest absolute Gasteiger partial charge is 0.370 e. The van der Waals surface area contributed by atoms with Crippen LogP contribution in [0.25, 0.3) is 0 Å². The molecule has 0 unspecified atom stereocenters. The van der Waals surface area contributed by atoms with Gasteiger partial charge >= 0.3 is 0 Å². The maximum Gasteiger partial charge on any atom is 0.0850 e. The van der Waals surface area contributed by atoms with Crippen molar-refractivity contribution in [1.29, 1.82) is 0 Å². The van der Waals surface area contributed by atoms with Crippen LogP contribution in [0.1, 0.15) is 25.7 Å². The first kappa shape index (κ1) is 14.0. The van der Waals surface area contributed by atoms with Crippen molar-refractivity contribution in [2.24, 2.45) is 59.2 Å². The van der Waals surface area contributed by atoms with Gasteiger partial charge in [-0.15, -0.1) is 0 Å². The molecule has 0 amide bonds.